The minimum atomic E-state index is -1.14. The molecule has 1 amide bonds. The van der Waals surface area contributed by atoms with E-state index >= 15 is 0 Å². The van der Waals surface area contributed by atoms with Crippen molar-refractivity contribution in [2.24, 2.45) is 0 Å². The SMILES string of the molecule is C/C(=C\C(=O)Nc1ncccn1)C(=O)O. The molecular formula is C9H9N3O3. The first-order valence-electron chi connectivity index (χ1n) is 4.09. The number of aliphatic carboxylic acids is 1. The molecule has 78 valence electrons. The van der Waals surface area contributed by atoms with Gasteiger partial charge in [-0.05, 0) is 13.0 Å². The maximum Gasteiger partial charge on any atom is 0.331 e. The summed E-state index contributed by atoms with van der Waals surface area (Å²) < 4.78 is 0. The van der Waals surface area contributed by atoms with Crippen LogP contribution in [0.4, 0.5) is 5.95 Å². The molecule has 6 nitrogen and oxygen atoms in total. The molecule has 0 spiro atoms. The van der Waals surface area contributed by atoms with Crippen LogP contribution in [-0.2, 0) is 9.59 Å². The van der Waals surface area contributed by atoms with Crippen molar-refractivity contribution in [2.45, 2.75) is 6.92 Å². The fourth-order valence-corrected chi connectivity index (χ4v) is 0.768. The zero-order valence-corrected chi connectivity index (χ0v) is 7.97. The molecule has 0 unspecified atom stereocenters. The van der Waals surface area contributed by atoms with Crippen molar-refractivity contribution in [1.82, 2.24) is 9.97 Å². The van der Waals surface area contributed by atoms with Gasteiger partial charge in [-0.15, -0.1) is 0 Å². The van der Waals surface area contributed by atoms with E-state index < -0.39 is 11.9 Å². The van der Waals surface area contributed by atoms with Gasteiger partial charge in [0.15, 0.2) is 0 Å². The van der Waals surface area contributed by atoms with Crippen LogP contribution in [0.5, 0.6) is 0 Å². The second-order valence-electron chi connectivity index (χ2n) is 2.69. The first-order valence-corrected chi connectivity index (χ1v) is 4.09. The molecule has 0 radical (unpaired) electrons. The van der Waals surface area contributed by atoms with Gasteiger partial charge in [0.25, 0.3) is 5.91 Å². The standard InChI is InChI=1S/C9H9N3O3/c1-6(8(14)15)5-7(13)12-9-10-3-2-4-11-9/h2-5H,1H3,(H,14,15)(H,10,11,12,13)/b6-5+. The molecule has 15 heavy (non-hydrogen) atoms. The number of carboxylic acid groups (broad SMARTS) is 1. The van der Waals surface area contributed by atoms with E-state index in [1.807, 2.05) is 0 Å². The highest BCUT2D eigenvalue weighted by Gasteiger charge is 2.05. The van der Waals surface area contributed by atoms with Crippen molar-refractivity contribution in [3.63, 3.8) is 0 Å². The summed E-state index contributed by atoms with van der Waals surface area (Å²) in [5, 5.41) is 10.8. The Balaban J connectivity index is 2.65. The summed E-state index contributed by atoms with van der Waals surface area (Å²) in [5.74, 6) is -1.57. The van der Waals surface area contributed by atoms with Gasteiger partial charge in [-0.3, -0.25) is 10.1 Å². The lowest BCUT2D eigenvalue weighted by Gasteiger charge is -1.98. The predicted molar refractivity (Wildman–Crippen MR) is 52.1 cm³/mol. The highest BCUT2D eigenvalue weighted by atomic mass is 16.4. The molecule has 0 fully saturated rings. The summed E-state index contributed by atoms with van der Waals surface area (Å²) in [6.07, 6.45) is 3.91. The second kappa shape index (κ2) is 4.85. The maximum atomic E-state index is 11.2. The quantitative estimate of drug-likeness (QED) is 0.702. The molecule has 0 atom stereocenters. The van der Waals surface area contributed by atoms with E-state index in [0.717, 1.165) is 6.08 Å². The Bertz CT molecular complexity index is 400. The van der Waals surface area contributed by atoms with E-state index in [-0.39, 0.29) is 11.5 Å². The number of carboxylic acids is 1. The first-order chi connectivity index (χ1) is 7.09. The molecule has 1 rings (SSSR count). The summed E-state index contributed by atoms with van der Waals surface area (Å²) in [7, 11) is 0. The highest BCUT2D eigenvalue weighted by Crippen LogP contribution is 1.97. The monoisotopic (exact) mass is 207 g/mol. The molecule has 0 bridgehead atoms. The zero-order valence-electron chi connectivity index (χ0n) is 7.97. The van der Waals surface area contributed by atoms with E-state index in [4.69, 9.17) is 5.11 Å². The Morgan fingerprint density at radius 3 is 2.53 bits per heavy atom. The van der Waals surface area contributed by atoms with Crippen molar-refractivity contribution in [3.8, 4) is 0 Å². The normalized spacial score (nSPS) is 10.9. The Kier molecular flexibility index (Phi) is 3.50. The first kappa shape index (κ1) is 10.8. The topological polar surface area (TPSA) is 92.2 Å². The van der Waals surface area contributed by atoms with Gasteiger partial charge in [-0.25, -0.2) is 14.8 Å². The maximum absolute atomic E-state index is 11.2. The molecule has 0 saturated heterocycles. The van der Waals surface area contributed by atoms with E-state index in [2.05, 4.69) is 15.3 Å². The van der Waals surface area contributed by atoms with Gasteiger partial charge in [-0.1, -0.05) is 0 Å². The number of nitrogens with one attached hydrogen (secondary N) is 1. The van der Waals surface area contributed by atoms with Crippen LogP contribution in [0.1, 0.15) is 6.92 Å². The third-order valence-corrected chi connectivity index (χ3v) is 1.49. The number of carbonyl (C=O) groups excluding carboxylic acids is 1. The minimum absolute atomic E-state index is 0.0524. The van der Waals surface area contributed by atoms with Crippen molar-refractivity contribution in [1.29, 1.82) is 0 Å². The number of anilines is 1. The summed E-state index contributed by atoms with van der Waals surface area (Å²) >= 11 is 0. The second-order valence-corrected chi connectivity index (χ2v) is 2.69. The average Bonchev–Trinajstić information content (AvgIpc) is 2.18. The molecular weight excluding hydrogens is 198 g/mol. The van der Waals surface area contributed by atoms with Gasteiger partial charge in [0.05, 0.1) is 0 Å². The van der Waals surface area contributed by atoms with Gasteiger partial charge in [0.2, 0.25) is 5.95 Å². The van der Waals surface area contributed by atoms with Gasteiger partial charge in [-0.2, -0.15) is 0 Å². The predicted octanol–water partition coefficient (Wildman–Crippen LogP) is 0.446. The van der Waals surface area contributed by atoms with E-state index in [0.29, 0.717) is 0 Å². The van der Waals surface area contributed by atoms with Crippen LogP contribution in [0.2, 0.25) is 0 Å². The zero-order chi connectivity index (χ0) is 11.3. The van der Waals surface area contributed by atoms with Crippen LogP contribution in [0.25, 0.3) is 0 Å². The third-order valence-electron chi connectivity index (χ3n) is 1.49. The number of rotatable bonds is 3. The van der Waals surface area contributed by atoms with Gasteiger partial charge >= 0.3 is 5.97 Å². The Morgan fingerprint density at radius 2 is 2.00 bits per heavy atom. The Hall–Kier alpha value is -2.24. The molecule has 0 aliphatic carbocycles. The van der Waals surface area contributed by atoms with E-state index in [1.165, 1.54) is 19.3 Å². The summed E-state index contributed by atoms with van der Waals surface area (Å²) in [6, 6.07) is 1.61. The Morgan fingerprint density at radius 1 is 1.40 bits per heavy atom. The van der Waals surface area contributed by atoms with Crippen LogP contribution in [0, 0.1) is 0 Å². The van der Waals surface area contributed by atoms with Gasteiger partial charge in [0, 0.05) is 24.0 Å². The van der Waals surface area contributed by atoms with Gasteiger partial charge < -0.3 is 5.11 Å². The molecule has 0 saturated carbocycles. The lowest BCUT2D eigenvalue weighted by Crippen LogP contribution is -2.12. The summed E-state index contributed by atoms with van der Waals surface area (Å²) in [6.45, 7) is 1.33. The molecule has 1 aromatic rings. The van der Waals surface area contributed by atoms with Crippen molar-refractivity contribution < 1.29 is 14.7 Å². The average molecular weight is 207 g/mol. The summed E-state index contributed by atoms with van der Waals surface area (Å²) in [5.41, 5.74) is -0.0524. The van der Waals surface area contributed by atoms with Crippen LogP contribution in [-0.4, -0.2) is 27.0 Å². The van der Waals surface area contributed by atoms with Crippen molar-refractivity contribution >= 4 is 17.8 Å². The number of nitrogens with zero attached hydrogens (tertiary/aromatic N) is 2. The fourth-order valence-electron chi connectivity index (χ4n) is 0.768. The largest absolute Gasteiger partial charge is 0.478 e. The highest BCUT2D eigenvalue weighted by molar-refractivity contribution is 6.03. The van der Waals surface area contributed by atoms with E-state index in [9.17, 15) is 9.59 Å². The van der Waals surface area contributed by atoms with Crippen LogP contribution >= 0.6 is 0 Å². The molecule has 0 aliphatic heterocycles. The van der Waals surface area contributed by atoms with Crippen molar-refractivity contribution in [2.75, 3.05) is 5.32 Å². The van der Waals surface area contributed by atoms with Crippen LogP contribution in [0.15, 0.2) is 30.1 Å². The van der Waals surface area contributed by atoms with Crippen molar-refractivity contribution in [3.05, 3.63) is 30.1 Å². The summed E-state index contributed by atoms with van der Waals surface area (Å²) in [4.78, 5) is 29.1. The molecule has 1 heterocycles. The fraction of sp³-hybridized carbons (Fsp3) is 0.111. The van der Waals surface area contributed by atoms with Crippen LogP contribution in [0.3, 0.4) is 0 Å². The molecule has 2 N–H and O–H groups in total. The van der Waals surface area contributed by atoms with Crippen LogP contribution < -0.4 is 5.32 Å². The molecule has 1 aromatic heterocycles. The van der Waals surface area contributed by atoms with E-state index in [1.54, 1.807) is 6.07 Å². The minimum Gasteiger partial charge on any atom is -0.478 e. The lowest BCUT2D eigenvalue weighted by molar-refractivity contribution is -0.132. The smallest absolute Gasteiger partial charge is 0.331 e. The number of hydrogen-bond acceptors (Lipinski definition) is 4. The number of amides is 1. The number of aromatic nitrogens is 2. The Labute approximate surface area is 85.7 Å². The number of carbonyl (C=O) groups is 2. The molecule has 0 aromatic carbocycles. The third kappa shape index (κ3) is 3.55. The van der Waals surface area contributed by atoms with Gasteiger partial charge in [0.1, 0.15) is 0 Å². The number of hydrogen-bond donors (Lipinski definition) is 2. The lowest BCUT2D eigenvalue weighted by atomic mass is 10.3. The molecule has 0 aliphatic rings. The molecule has 6 heteroatoms.